The number of rotatable bonds is 3. The Morgan fingerprint density at radius 3 is 2.77 bits per heavy atom. The zero-order valence-corrected chi connectivity index (χ0v) is 13.3. The van der Waals surface area contributed by atoms with Crippen LogP contribution in [0, 0.1) is 13.8 Å². The predicted octanol–water partition coefficient (Wildman–Crippen LogP) is 2.01. The number of carbonyl (C=O) groups is 2. The zero-order valence-electron chi connectivity index (χ0n) is 13.3. The largest absolute Gasteiger partial charge is 0.396 e. The monoisotopic (exact) mass is 304 g/mol. The van der Waals surface area contributed by atoms with E-state index >= 15 is 0 Å². The fourth-order valence-corrected chi connectivity index (χ4v) is 2.98. The van der Waals surface area contributed by atoms with Crippen molar-refractivity contribution >= 4 is 17.5 Å². The third-order valence-corrected chi connectivity index (χ3v) is 4.17. The molecule has 1 aliphatic rings. The minimum absolute atomic E-state index is 0.0314. The summed E-state index contributed by atoms with van der Waals surface area (Å²) in [6.45, 7) is 4.51. The second-order valence-electron chi connectivity index (χ2n) is 5.93. The molecule has 0 radical (unpaired) electrons. The molecule has 5 nitrogen and oxygen atoms in total. The first kappa shape index (κ1) is 16.5. The highest BCUT2D eigenvalue weighted by atomic mass is 16.3. The van der Waals surface area contributed by atoms with Crippen LogP contribution >= 0.6 is 0 Å². The summed E-state index contributed by atoms with van der Waals surface area (Å²) in [7, 11) is 0. The van der Waals surface area contributed by atoms with Gasteiger partial charge in [-0.1, -0.05) is 17.7 Å². The van der Waals surface area contributed by atoms with Gasteiger partial charge in [0.2, 0.25) is 0 Å². The van der Waals surface area contributed by atoms with Gasteiger partial charge in [0, 0.05) is 24.9 Å². The summed E-state index contributed by atoms with van der Waals surface area (Å²) in [6, 6.07) is 5.66. The summed E-state index contributed by atoms with van der Waals surface area (Å²) in [4.78, 5) is 26.2. The minimum atomic E-state index is -0.600. The molecule has 2 N–H and O–H groups in total. The molecule has 1 unspecified atom stereocenters. The number of carbonyl (C=O) groups excluding carboxylic acids is 2. The molecule has 1 aliphatic heterocycles. The Hall–Kier alpha value is -1.88. The van der Waals surface area contributed by atoms with Crippen LogP contribution in [-0.4, -0.2) is 41.0 Å². The van der Waals surface area contributed by atoms with Gasteiger partial charge < -0.3 is 15.3 Å². The van der Waals surface area contributed by atoms with Crippen LogP contribution in [0.5, 0.6) is 0 Å². The Kier molecular flexibility index (Phi) is 5.55. The Balaban J connectivity index is 2.06. The molecule has 0 bridgehead atoms. The maximum atomic E-state index is 12.4. The molecule has 2 amide bonds. The second kappa shape index (κ2) is 7.40. The molecule has 1 aromatic rings. The molecule has 5 heteroatoms. The summed E-state index contributed by atoms with van der Waals surface area (Å²) in [5.74, 6) is -1.10. The molecule has 22 heavy (non-hydrogen) atoms. The lowest BCUT2D eigenvalue weighted by molar-refractivity contribution is -0.146. The number of anilines is 1. The standard InChI is InChI=1S/C17H24N2O3/c1-12-6-7-15(13(2)11-12)18-16(21)17(22)19-9-4-3-5-14(19)8-10-20/h6-7,11,14,20H,3-5,8-10H2,1-2H3,(H,18,21). The van der Waals surface area contributed by atoms with Crippen LogP contribution in [0.2, 0.25) is 0 Å². The van der Waals surface area contributed by atoms with Crippen molar-refractivity contribution in [2.24, 2.45) is 0 Å². The first-order chi connectivity index (χ1) is 10.5. The van der Waals surface area contributed by atoms with E-state index in [0.717, 1.165) is 30.4 Å². The molecule has 1 aromatic carbocycles. The quantitative estimate of drug-likeness (QED) is 0.839. The zero-order chi connectivity index (χ0) is 16.1. The van der Waals surface area contributed by atoms with Crippen molar-refractivity contribution in [2.45, 2.75) is 45.6 Å². The number of nitrogens with zero attached hydrogens (tertiary/aromatic N) is 1. The number of hydrogen-bond acceptors (Lipinski definition) is 3. The van der Waals surface area contributed by atoms with Crippen molar-refractivity contribution in [2.75, 3.05) is 18.5 Å². The first-order valence-corrected chi connectivity index (χ1v) is 7.83. The lowest BCUT2D eigenvalue weighted by Gasteiger charge is -2.35. The highest BCUT2D eigenvalue weighted by Gasteiger charge is 2.30. The molecular formula is C17H24N2O3. The van der Waals surface area contributed by atoms with Crippen LogP contribution in [0.4, 0.5) is 5.69 Å². The maximum absolute atomic E-state index is 12.4. The van der Waals surface area contributed by atoms with E-state index in [-0.39, 0.29) is 12.6 Å². The van der Waals surface area contributed by atoms with E-state index in [1.165, 1.54) is 0 Å². The molecule has 0 aliphatic carbocycles. The fourth-order valence-electron chi connectivity index (χ4n) is 2.98. The lowest BCUT2D eigenvalue weighted by atomic mass is 9.99. The van der Waals surface area contributed by atoms with Gasteiger partial charge >= 0.3 is 11.8 Å². The van der Waals surface area contributed by atoms with Crippen LogP contribution in [0.25, 0.3) is 0 Å². The maximum Gasteiger partial charge on any atom is 0.313 e. The van der Waals surface area contributed by atoms with Crippen molar-refractivity contribution in [3.05, 3.63) is 29.3 Å². The van der Waals surface area contributed by atoms with E-state index < -0.39 is 11.8 Å². The Morgan fingerprint density at radius 1 is 1.32 bits per heavy atom. The highest BCUT2D eigenvalue weighted by molar-refractivity contribution is 6.39. The molecule has 120 valence electrons. The van der Waals surface area contributed by atoms with Gasteiger partial charge in [-0.3, -0.25) is 9.59 Å². The van der Waals surface area contributed by atoms with Gasteiger partial charge in [-0.15, -0.1) is 0 Å². The van der Waals surface area contributed by atoms with E-state index in [0.29, 0.717) is 18.7 Å². The number of likely N-dealkylation sites (tertiary alicyclic amines) is 1. The summed E-state index contributed by atoms with van der Waals surface area (Å²) in [5.41, 5.74) is 2.72. The fraction of sp³-hybridized carbons (Fsp3) is 0.529. The third kappa shape index (κ3) is 3.85. The molecule has 1 heterocycles. The lowest BCUT2D eigenvalue weighted by Crippen LogP contribution is -2.48. The first-order valence-electron chi connectivity index (χ1n) is 7.83. The van der Waals surface area contributed by atoms with Gasteiger partial charge in [-0.05, 0) is 51.2 Å². The van der Waals surface area contributed by atoms with Crippen LogP contribution in [-0.2, 0) is 9.59 Å². The summed E-state index contributed by atoms with van der Waals surface area (Å²) >= 11 is 0. The number of aryl methyl sites for hydroxylation is 2. The van der Waals surface area contributed by atoms with E-state index in [4.69, 9.17) is 5.11 Å². The Labute approximate surface area is 131 Å². The normalized spacial score (nSPS) is 18.1. The van der Waals surface area contributed by atoms with Gasteiger partial charge in [0.25, 0.3) is 0 Å². The van der Waals surface area contributed by atoms with E-state index in [1.54, 1.807) is 4.90 Å². The number of aliphatic hydroxyl groups excluding tert-OH is 1. The second-order valence-corrected chi connectivity index (χ2v) is 5.93. The van der Waals surface area contributed by atoms with Crippen molar-refractivity contribution < 1.29 is 14.7 Å². The van der Waals surface area contributed by atoms with Crippen molar-refractivity contribution in [3.8, 4) is 0 Å². The average molecular weight is 304 g/mol. The summed E-state index contributed by atoms with van der Waals surface area (Å²) in [5, 5.41) is 11.8. The van der Waals surface area contributed by atoms with Crippen molar-refractivity contribution in [1.29, 1.82) is 0 Å². The van der Waals surface area contributed by atoms with E-state index in [1.807, 2.05) is 32.0 Å². The highest BCUT2D eigenvalue weighted by Crippen LogP contribution is 2.21. The molecule has 0 aromatic heterocycles. The number of hydrogen-bond donors (Lipinski definition) is 2. The number of amides is 2. The van der Waals surface area contributed by atoms with Crippen molar-refractivity contribution in [1.82, 2.24) is 4.90 Å². The average Bonchev–Trinajstić information content (AvgIpc) is 2.50. The Morgan fingerprint density at radius 2 is 2.09 bits per heavy atom. The topological polar surface area (TPSA) is 69.6 Å². The molecule has 0 saturated carbocycles. The predicted molar refractivity (Wildman–Crippen MR) is 85.6 cm³/mol. The van der Waals surface area contributed by atoms with Crippen molar-refractivity contribution in [3.63, 3.8) is 0 Å². The SMILES string of the molecule is Cc1ccc(NC(=O)C(=O)N2CCCCC2CCO)c(C)c1. The summed E-state index contributed by atoms with van der Waals surface area (Å²) in [6.07, 6.45) is 3.32. The number of benzene rings is 1. The summed E-state index contributed by atoms with van der Waals surface area (Å²) < 4.78 is 0. The molecule has 1 atom stereocenters. The van der Waals surface area contributed by atoms with Crippen LogP contribution in [0.3, 0.4) is 0 Å². The molecule has 2 rings (SSSR count). The minimum Gasteiger partial charge on any atom is -0.396 e. The van der Waals surface area contributed by atoms with Crippen LogP contribution < -0.4 is 5.32 Å². The Bertz CT molecular complexity index is 555. The third-order valence-electron chi connectivity index (χ3n) is 4.17. The number of nitrogens with one attached hydrogen (secondary N) is 1. The number of aliphatic hydroxyl groups is 1. The van der Waals surface area contributed by atoms with Gasteiger partial charge in [0.1, 0.15) is 0 Å². The molecular weight excluding hydrogens is 280 g/mol. The molecule has 1 fully saturated rings. The van der Waals surface area contributed by atoms with E-state index in [2.05, 4.69) is 5.32 Å². The van der Waals surface area contributed by atoms with E-state index in [9.17, 15) is 9.59 Å². The number of piperidine rings is 1. The van der Waals surface area contributed by atoms with Gasteiger partial charge in [0.15, 0.2) is 0 Å². The smallest absolute Gasteiger partial charge is 0.313 e. The molecule has 0 spiro atoms. The van der Waals surface area contributed by atoms with Gasteiger partial charge in [0.05, 0.1) is 0 Å². The van der Waals surface area contributed by atoms with Gasteiger partial charge in [-0.2, -0.15) is 0 Å². The van der Waals surface area contributed by atoms with Gasteiger partial charge in [-0.25, -0.2) is 0 Å². The molecule has 1 saturated heterocycles. The van der Waals surface area contributed by atoms with Crippen LogP contribution in [0.15, 0.2) is 18.2 Å². The van der Waals surface area contributed by atoms with Crippen LogP contribution in [0.1, 0.15) is 36.8 Å².